The second-order valence-electron chi connectivity index (χ2n) is 5.34. The Balaban J connectivity index is 2.16. The van der Waals surface area contributed by atoms with Gasteiger partial charge in [-0.25, -0.2) is 4.39 Å². The number of nitrogens with zero attached hydrogens (tertiary/aromatic N) is 2. The lowest BCUT2D eigenvalue weighted by Gasteiger charge is -2.23. The van der Waals surface area contributed by atoms with E-state index in [1.54, 1.807) is 48.4 Å². The summed E-state index contributed by atoms with van der Waals surface area (Å²) in [5.41, 5.74) is 2.07. The van der Waals surface area contributed by atoms with Crippen LogP contribution in [0.1, 0.15) is 11.1 Å². The number of ether oxygens (including phenoxy) is 1. The first kappa shape index (κ1) is 16.6. The van der Waals surface area contributed by atoms with Crippen molar-refractivity contribution < 1.29 is 13.9 Å². The highest BCUT2D eigenvalue weighted by Gasteiger charge is 2.26. The minimum Gasteiger partial charge on any atom is -0.383 e. The summed E-state index contributed by atoms with van der Waals surface area (Å²) in [6.45, 7) is 0.729. The Morgan fingerprint density at radius 1 is 1.25 bits per heavy atom. The fraction of sp³-hybridized carbons (Fsp3) is 0.222. The molecule has 0 aliphatic carbocycles. The molecular weight excluding hydrogens is 331 g/mol. The van der Waals surface area contributed by atoms with E-state index in [1.807, 2.05) is 0 Å². The van der Waals surface area contributed by atoms with E-state index >= 15 is 0 Å². The van der Waals surface area contributed by atoms with E-state index in [0.29, 0.717) is 40.7 Å². The van der Waals surface area contributed by atoms with Gasteiger partial charge < -0.3 is 9.64 Å². The van der Waals surface area contributed by atoms with Crippen molar-refractivity contribution in [2.45, 2.75) is 0 Å². The van der Waals surface area contributed by atoms with Crippen LogP contribution in [0.5, 0.6) is 0 Å². The average Bonchev–Trinajstić information content (AvgIpc) is 2.70. The lowest BCUT2D eigenvalue weighted by molar-refractivity contribution is -0.117. The molecule has 0 fully saturated rings. The smallest absolute Gasteiger partial charge is 0.248 e. The molecule has 24 heavy (non-hydrogen) atoms. The Hall–Kier alpha value is -2.24. The molecule has 4 nitrogen and oxygen atoms in total. The molecule has 0 unspecified atom stereocenters. The van der Waals surface area contributed by atoms with E-state index in [-0.39, 0.29) is 18.3 Å². The number of aliphatic imine (C=N–C) groups is 1. The first-order valence-electron chi connectivity index (χ1n) is 7.50. The second-order valence-corrected chi connectivity index (χ2v) is 5.78. The molecule has 1 aliphatic rings. The second kappa shape index (κ2) is 7.11. The van der Waals surface area contributed by atoms with Crippen molar-refractivity contribution in [1.82, 2.24) is 0 Å². The van der Waals surface area contributed by atoms with Crippen molar-refractivity contribution in [3.63, 3.8) is 0 Å². The number of fused-ring (bicyclic) bond motifs is 1. The number of rotatable bonds is 4. The number of amides is 1. The quantitative estimate of drug-likeness (QED) is 0.852. The Bertz CT molecular complexity index is 807. The van der Waals surface area contributed by atoms with Gasteiger partial charge in [-0.3, -0.25) is 9.79 Å². The van der Waals surface area contributed by atoms with Crippen LogP contribution in [-0.4, -0.2) is 38.4 Å². The van der Waals surface area contributed by atoms with Gasteiger partial charge >= 0.3 is 0 Å². The lowest BCUT2D eigenvalue weighted by atomic mass is 9.99. The molecule has 0 atom stereocenters. The van der Waals surface area contributed by atoms with Crippen LogP contribution in [-0.2, 0) is 9.53 Å². The molecule has 1 aliphatic heterocycles. The van der Waals surface area contributed by atoms with Gasteiger partial charge in [-0.05, 0) is 30.3 Å². The van der Waals surface area contributed by atoms with E-state index in [4.69, 9.17) is 16.3 Å². The van der Waals surface area contributed by atoms with Crippen molar-refractivity contribution in [2.75, 3.05) is 31.7 Å². The predicted molar refractivity (Wildman–Crippen MR) is 92.6 cm³/mol. The molecule has 0 N–H and O–H groups in total. The van der Waals surface area contributed by atoms with Crippen LogP contribution in [0.4, 0.5) is 10.1 Å². The summed E-state index contributed by atoms with van der Waals surface area (Å²) in [5.74, 6) is -0.554. The van der Waals surface area contributed by atoms with Crippen LogP contribution >= 0.6 is 11.6 Å². The van der Waals surface area contributed by atoms with Crippen molar-refractivity contribution in [1.29, 1.82) is 0 Å². The van der Waals surface area contributed by atoms with E-state index in [1.165, 1.54) is 6.07 Å². The van der Waals surface area contributed by atoms with Crippen LogP contribution in [0.25, 0.3) is 0 Å². The standard InChI is InChI=1S/C18H16ClFN2O2/c1-24-9-8-22-16-7-6-12(19)10-14(16)18(21-11-17(22)23)13-4-2-3-5-15(13)20/h2-7,10H,8-9,11H2,1H3. The monoisotopic (exact) mass is 346 g/mol. The number of carbonyl (C=O) groups is 1. The fourth-order valence-corrected chi connectivity index (χ4v) is 2.87. The highest BCUT2D eigenvalue weighted by atomic mass is 35.5. The Morgan fingerprint density at radius 3 is 2.79 bits per heavy atom. The number of anilines is 1. The highest BCUT2D eigenvalue weighted by Crippen LogP contribution is 2.30. The number of benzene rings is 2. The van der Waals surface area contributed by atoms with Gasteiger partial charge in [-0.2, -0.15) is 0 Å². The summed E-state index contributed by atoms with van der Waals surface area (Å²) in [7, 11) is 1.58. The Labute approximate surface area is 144 Å². The van der Waals surface area contributed by atoms with Gasteiger partial charge in [0.25, 0.3) is 0 Å². The summed E-state index contributed by atoms with van der Waals surface area (Å²) in [6, 6.07) is 11.5. The number of methoxy groups -OCH3 is 1. The van der Waals surface area contributed by atoms with Crippen LogP contribution in [0.3, 0.4) is 0 Å². The zero-order valence-corrected chi connectivity index (χ0v) is 13.9. The van der Waals surface area contributed by atoms with E-state index in [2.05, 4.69) is 4.99 Å². The zero-order chi connectivity index (χ0) is 17.1. The van der Waals surface area contributed by atoms with Gasteiger partial charge in [-0.1, -0.05) is 23.7 Å². The maximum atomic E-state index is 14.3. The maximum Gasteiger partial charge on any atom is 0.248 e. The Morgan fingerprint density at radius 2 is 2.04 bits per heavy atom. The molecule has 6 heteroatoms. The predicted octanol–water partition coefficient (Wildman–Crippen LogP) is 3.31. The van der Waals surface area contributed by atoms with Gasteiger partial charge in [0, 0.05) is 29.8 Å². The molecule has 1 heterocycles. The summed E-state index contributed by atoms with van der Waals surface area (Å²) in [6.07, 6.45) is 0. The summed E-state index contributed by atoms with van der Waals surface area (Å²) in [5, 5.41) is 0.499. The number of hydrogen-bond acceptors (Lipinski definition) is 3. The number of carbonyl (C=O) groups excluding carboxylic acids is 1. The maximum absolute atomic E-state index is 14.3. The minimum absolute atomic E-state index is 0.0559. The lowest BCUT2D eigenvalue weighted by Crippen LogP contribution is -2.35. The van der Waals surface area contributed by atoms with Crippen molar-refractivity contribution in [2.24, 2.45) is 4.99 Å². The number of halogens is 2. The number of hydrogen-bond donors (Lipinski definition) is 0. The molecule has 2 aromatic carbocycles. The van der Waals surface area contributed by atoms with Crippen molar-refractivity contribution >= 4 is 28.9 Å². The molecule has 0 saturated carbocycles. The van der Waals surface area contributed by atoms with Gasteiger partial charge in [0.2, 0.25) is 5.91 Å². The molecule has 3 rings (SSSR count). The van der Waals surface area contributed by atoms with Gasteiger partial charge in [0.05, 0.1) is 18.0 Å². The molecular formula is C18H16ClFN2O2. The average molecular weight is 347 g/mol. The fourth-order valence-electron chi connectivity index (χ4n) is 2.70. The first-order valence-corrected chi connectivity index (χ1v) is 7.88. The molecule has 2 aromatic rings. The molecule has 0 aromatic heterocycles. The highest BCUT2D eigenvalue weighted by molar-refractivity contribution is 6.32. The van der Waals surface area contributed by atoms with Crippen LogP contribution in [0.15, 0.2) is 47.5 Å². The van der Waals surface area contributed by atoms with Gasteiger partial charge in [0.1, 0.15) is 12.4 Å². The molecule has 0 radical (unpaired) electrons. The van der Waals surface area contributed by atoms with Crippen LogP contribution < -0.4 is 4.90 Å². The summed E-state index contributed by atoms with van der Waals surface area (Å²) < 4.78 is 19.4. The first-order chi connectivity index (χ1) is 11.6. The number of benzodiazepines with no additional fused rings is 1. The molecule has 0 saturated heterocycles. The summed E-state index contributed by atoms with van der Waals surface area (Å²) >= 11 is 6.13. The topological polar surface area (TPSA) is 41.9 Å². The Kier molecular flexibility index (Phi) is 4.92. The van der Waals surface area contributed by atoms with Crippen molar-refractivity contribution in [3.05, 3.63) is 64.4 Å². The van der Waals surface area contributed by atoms with Crippen molar-refractivity contribution in [3.8, 4) is 0 Å². The third-order valence-electron chi connectivity index (χ3n) is 3.83. The minimum atomic E-state index is -0.389. The van der Waals surface area contributed by atoms with Gasteiger partial charge in [-0.15, -0.1) is 0 Å². The van der Waals surface area contributed by atoms with Gasteiger partial charge in [0.15, 0.2) is 0 Å². The molecule has 0 spiro atoms. The largest absolute Gasteiger partial charge is 0.383 e. The van der Waals surface area contributed by atoms with E-state index < -0.39 is 0 Å². The third kappa shape index (κ3) is 3.18. The van der Waals surface area contributed by atoms with Crippen LogP contribution in [0, 0.1) is 5.82 Å². The normalized spacial score (nSPS) is 14.2. The van der Waals surface area contributed by atoms with E-state index in [9.17, 15) is 9.18 Å². The zero-order valence-electron chi connectivity index (χ0n) is 13.1. The van der Waals surface area contributed by atoms with E-state index in [0.717, 1.165) is 0 Å². The molecule has 1 amide bonds. The van der Waals surface area contributed by atoms with Crippen LogP contribution in [0.2, 0.25) is 5.02 Å². The summed E-state index contributed by atoms with van der Waals surface area (Å²) in [4.78, 5) is 18.4. The molecule has 0 bridgehead atoms. The SMILES string of the molecule is COCCN1C(=O)CN=C(c2ccccc2F)c2cc(Cl)ccc21. The molecule has 124 valence electrons. The third-order valence-corrected chi connectivity index (χ3v) is 4.06.